The van der Waals surface area contributed by atoms with Gasteiger partial charge in [0.25, 0.3) is 0 Å². The molecule has 0 aliphatic carbocycles. The molecule has 8 nitrogen and oxygen atoms in total. The van der Waals surface area contributed by atoms with Crippen LogP contribution in [0.4, 0.5) is 5.69 Å². The van der Waals surface area contributed by atoms with Gasteiger partial charge in [-0.2, -0.15) is 0 Å². The third kappa shape index (κ3) is 4.16. The van der Waals surface area contributed by atoms with E-state index in [2.05, 4.69) is 39.1 Å². The Bertz CT molecular complexity index is 1070. The summed E-state index contributed by atoms with van der Waals surface area (Å²) >= 11 is 0. The van der Waals surface area contributed by atoms with Gasteiger partial charge in [-0.25, -0.2) is 9.97 Å². The number of amides is 1. The molecule has 0 spiro atoms. The zero-order chi connectivity index (χ0) is 21.2. The van der Waals surface area contributed by atoms with E-state index in [9.17, 15) is 4.79 Å². The molecule has 4 heterocycles. The Labute approximate surface area is 180 Å². The molecule has 8 heteroatoms. The first-order chi connectivity index (χ1) is 15.2. The van der Waals surface area contributed by atoms with Crippen molar-refractivity contribution in [2.24, 2.45) is 0 Å². The molecule has 0 unspecified atom stereocenters. The van der Waals surface area contributed by atoms with E-state index in [1.54, 1.807) is 19.3 Å². The van der Waals surface area contributed by atoms with Crippen molar-refractivity contribution in [2.75, 3.05) is 44.3 Å². The van der Waals surface area contributed by atoms with Crippen LogP contribution in [0, 0.1) is 0 Å². The number of anilines is 1. The molecule has 2 aliphatic rings. The second-order valence-corrected chi connectivity index (χ2v) is 7.88. The van der Waals surface area contributed by atoms with Gasteiger partial charge in [-0.3, -0.25) is 9.78 Å². The first-order valence-electron chi connectivity index (χ1n) is 10.6. The van der Waals surface area contributed by atoms with Crippen LogP contribution in [0.15, 0.2) is 42.7 Å². The summed E-state index contributed by atoms with van der Waals surface area (Å²) in [5, 5.41) is 0. The maximum Gasteiger partial charge on any atom is 0.243 e. The number of pyridine rings is 1. The SMILES string of the molecule is CC(=O)N1CCN(c2ccc(-c3cc4nccnc4c(O[C@@H]4CCOC4)n3)cc2)CC1. The van der Waals surface area contributed by atoms with Gasteiger partial charge in [0.2, 0.25) is 11.8 Å². The number of nitrogens with zero attached hydrogens (tertiary/aromatic N) is 5. The normalized spacial score (nSPS) is 19.1. The van der Waals surface area contributed by atoms with E-state index in [0.29, 0.717) is 24.6 Å². The summed E-state index contributed by atoms with van der Waals surface area (Å²) in [6, 6.07) is 10.3. The summed E-state index contributed by atoms with van der Waals surface area (Å²) in [5.74, 6) is 0.642. The molecule has 31 heavy (non-hydrogen) atoms. The number of carbonyl (C=O) groups excluding carboxylic acids is 1. The largest absolute Gasteiger partial charge is 0.470 e. The predicted octanol–water partition coefficient (Wildman–Crippen LogP) is 2.53. The number of aromatic nitrogens is 3. The van der Waals surface area contributed by atoms with Crippen LogP contribution >= 0.6 is 0 Å². The number of benzene rings is 1. The van der Waals surface area contributed by atoms with Gasteiger partial charge >= 0.3 is 0 Å². The molecule has 0 radical (unpaired) electrons. The summed E-state index contributed by atoms with van der Waals surface area (Å²) in [7, 11) is 0. The van der Waals surface area contributed by atoms with Crippen molar-refractivity contribution in [3.05, 3.63) is 42.7 Å². The third-order valence-electron chi connectivity index (χ3n) is 5.84. The summed E-state index contributed by atoms with van der Waals surface area (Å²) in [4.78, 5) is 29.4. The van der Waals surface area contributed by atoms with E-state index in [1.807, 2.05) is 11.0 Å². The van der Waals surface area contributed by atoms with Crippen molar-refractivity contribution in [3.8, 4) is 17.1 Å². The fourth-order valence-electron chi connectivity index (χ4n) is 4.06. The molecule has 0 N–H and O–H groups in total. The van der Waals surface area contributed by atoms with Crippen LogP contribution < -0.4 is 9.64 Å². The lowest BCUT2D eigenvalue weighted by Gasteiger charge is -2.35. The second kappa shape index (κ2) is 8.47. The highest BCUT2D eigenvalue weighted by Crippen LogP contribution is 2.29. The first-order valence-corrected chi connectivity index (χ1v) is 10.6. The molecule has 1 atom stereocenters. The Morgan fingerprint density at radius 3 is 2.58 bits per heavy atom. The van der Waals surface area contributed by atoms with E-state index < -0.39 is 0 Å². The van der Waals surface area contributed by atoms with Gasteiger partial charge < -0.3 is 19.3 Å². The average molecular weight is 419 g/mol. The lowest BCUT2D eigenvalue weighted by Crippen LogP contribution is -2.48. The van der Waals surface area contributed by atoms with Gasteiger partial charge in [-0.05, 0) is 18.2 Å². The molecule has 2 aromatic heterocycles. The highest BCUT2D eigenvalue weighted by atomic mass is 16.5. The fraction of sp³-hybridized carbons (Fsp3) is 0.391. The molecule has 0 bridgehead atoms. The van der Waals surface area contributed by atoms with Crippen LogP contribution in [-0.2, 0) is 9.53 Å². The molecular formula is C23H25N5O3. The summed E-state index contributed by atoms with van der Waals surface area (Å²) in [5.41, 5.74) is 4.36. The minimum Gasteiger partial charge on any atom is -0.470 e. The van der Waals surface area contributed by atoms with E-state index >= 15 is 0 Å². The Hall–Kier alpha value is -3.26. The molecule has 5 rings (SSSR count). The lowest BCUT2D eigenvalue weighted by atomic mass is 10.1. The van der Waals surface area contributed by atoms with E-state index in [4.69, 9.17) is 14.5 Å². The van der Waals surface area contributed by atoms with Crippen molar-refractivity contribution in [1.82, 2.24) is 19.9 Å². The second-order valence-electron chi connectivity index (χ2n) is 7.88. The molecule has 2 saturated heterocycles. The standard InChI is InChI=1S/C23H25N5O3/c1-16(29)27-9-11-28(12-10-27)18-4-2-17(3-5-18)20-14-21-22(25-8-7-24-21)23(26-20)31-19-6-13-30-15-19/h2-5,7-8,14,19H,6,9-13,15H2,1H3/t19-/m1/s1. The number of carbonyl (C=O) groups is 1. The molecule has 0 saturated carbocycles. The minimum atomic E-state index is -0.0102. The average Bonchev–Trinajstić information content (AvgIpc) is 3.32. The number of piperazine rings is 1. The van der Waals surface area contributed by atoms with Gasteiger partial charge in [0, 0.05) is 63.2 Å². The molecule has 2 aliphatic heterocycles. The first kappa shape index (κ1) is 19.7. The summed E-state index contributed by atoms with van der Waals surface area (Å²) in [6.45, 7) is 6.09. The van der Waals surface area contributed by atoms with Crippen LogP contribution in [-0.4, -0.2) is 71.3 Å². The minimum absolute atomic E-state index is 0.0102. The number of hydrogen-bond donors (Lipinski definition) is 0. The van der Waals surface area contributed by atoms with Crippen molar-refractivity contribution in [2.45, 2.75) is 19.4 Å². The van der Waals surface area contributed by atoms with Crippen LogP contribution in [0.1, 0.15) is 13.3 Å². The van der Waals surface area contributed by atoms with E-state index in [-0.39, 0.29) is 12.0 Å². The fourth-order valence-corrected chi connectivity index (χ4v) is 4.06. The third-order valence-corrected chi connectivity index (χ3v) is 5.84. The molecular weight excluding hydrogens is 394 g/mol. The Morgan fingerprint density at radius 2 is 1.87 bits per heavy atom. The smallest absolute Gasteiger partial charge is 0.243 e. The molecule has 160 valence electrons. The van der Waals surface area contributed by atoms with Crippen LogP contribution in [0.25, 0.3) is 22.3 Å². The van der Waals surface area contributed by atoms with Crippen molar-refractivity contribution < 1.29 is 14.3 Å². The van der Waals surface area contributed by atoms with Crippen molar-refractivity contribution in [1.29, 1.82) is 0 Å². The van der Waals surface area contributed by atoms with Crippen LogP contribution in [0.3, 0.4) is 0 Å². The highest BCUT2D eigenvalue weighted by molar-refractivity contribution is 5.83. The Balaban J connectivity index is 1.39. The monoisotopic (exact) mass is 419 g/mol. The summed E-state index contributed by atoms with van der Waals surface area (Å²) in [6.07, 6.45) is 4.17. The van der Waals surface area contributed by atoms with Gasteiger partial charge in [0.15, 0.2) is 5.52 Å². The van der Waals surface area contributed by atoms with Crippen molar-refractivity contribution >= 4 is 22.6 Å². The maximum absolute atomic E-state index is 11.5. The lowest BCUT2D eigenvalue weighted by molar-refractivity contribution is -0.129. The van der Waals surface area contributed by atoms with E-state index in [1.165, 1.54) is 0 Å². The van der Waals surface area contributed by atoms with Gasteiger partial charge in [0.1, 0.15) is 6.10 Å². The van der Waals surface area contributed by atoms with Gasteiger partial charge in [-0.1, -0.05) is 12.1 Å². The number of rotatable bonds is 4. The quantitative estimate of drug-likeness (QED) is 0.643. The van der Waals surface area contributed by atoms with E-state index in [0.717, 1.165) is 55.1 Å². The predicted molar refractivity (Wildman–Crippen MR) is 117 cm³/mol. The highest BCUT2D eigenvalue weighted by Gasteiger charge is 2.21. The Morgan fingerprint density at radius 1 is 1.10 bits per heavy atom. The van der Waals surface area contributed by atoms with Crippen LogP contribution in [0.2, 0.25) is 0 Å². The number of hydrogen-bond acceptors (Lipinski definition) is 7. The van der Waals surface area contributed by atoms with Gasteiger partial charge in [-0.15, -0.1) is 0 Å². The van der Waals surface area contributed by atoms with Gasteiger partial charge in [0.05, 0.1) is 24.4 Å². The molecule has 1 amide bonds. The molecule has 1 aromatic carbocycles. The molecule has 3 aromatic rings. The zero-order valence-electron chi connectivity index (χ0n) is 17.5. The number of ether oxygens (including phenoxy) is 2. The maximum atomic E-state index is 11.5. The topological polar surface area (TPSA) is 80.7 Å². The Kier molecular flexibility index (Phi) is 5.38. The molecule has 2 fully saturated rings. The van der Waals surface area contributed by atoms with Crippen molar-refractivity contribution in [3.63, 3.8) is 0 Å². The number of fused-ring (bicyclic) bond motifs is 1. The summed E-state index contributed by atoms with van der Waals surface area (Å²) < 4.78 is 11.6. The zero-order valence-corrected chi connectivity index (χ0v) is 17.5. The van der Waals surface area contributed by atoms with Crippen LogP contribution in [0.5, 0.6) is 5.88 Å².